The molecule has 22 nitrogen and oxygen atoms in total. The smallest absolute Gasteiger partial charge is 0.339 e. The average molecular weight is 803 g/mol. The molecule has 4 aromatic rings. The van der Waals surface area contributed by atoms with Crippen LogP contribution < -0.4 is 0 Å². The highest BCUT2D eigenvalue weighted by atomic mass is 16.7. The fourth-order valence-electron chi connectivity index (χ4n) is 5.31. The van der Waals surface area contributed by atoms with Gasteiger partial charge in [-0.1, -0.05) is 0 Å². The van der Waals surface area contributed by atoms with E-state index < -0.39 is 152 Å². The van der Waals surface area contributed by atoms with Crippen LogP contribution in [0.1, 0.15) is 41.4 Å². The van der Waals surface area contributed by atoms with Gasteiger partial charge in [0.15, 0.2) is 93.6 Å². The van der Waals surface area contributed by atoms with Crippen LogP contribution in [0.4, 0.5) is 0 Å². The lowest BCUT2D eigenvalue weighted by Gasteiger charge is -2.44. The SMILES string of the molecule is COC1OC(COC(=O)c2cc(O)c(O)c(O)c2)C(OC(=O)c2cc(O)c(O)c(O)c2)C(OC(=O)c2cc(O)c(O)c(O)c2)C1OC(=O)c1cc(O)c(O)c(O)c1. The lowest BCUT2D eigenvalue weighted by Crippen LogP contribution is -2.63. The monoisotopic (exact) mass is 802 g/mol. The molecule has 1 heterocycles. The number of aromatic hydroxyl groups is 12. The van der Waals surface area contributed by atoms with Crippen molar-refractivity contribution in [2.75, 3.05) is 13.7 Å². The number of rotatable bonds is 10. The third-order valence-corrected chi connectivity index (χ3v) is 8.15. The predicted molar refractivity (Wildman–Crippen MR) is 179 cm³/mol. The summed E-state index contributed by atoms with van der Waals surface area (Å²) in [5.41, 5.74) is -2.50. The molecule has 5 atom stereocenters. The summed E-state index contributed by atoms with van der Waals surface area (Å²) in [6.07, 6.45) is -10.1. The first-order valence-electron chi connectivity index (χ1n) is 15.8. The van der Waals surface area contributed by atoms with Gasteiger partial charge in [0.1, 0.15) is 12.7 Å². The fourth-order valence-corrected chi connectivity index (χ4v) is 5.31. The number of phenolic OH excluding ortho intramolecular Hbond substituents is 12. The average Bonchev–Trinajstić information content (AvgIpc) is 3.16. The van der Waals surface area contributed by atoms with E-state index in [0.29, 0.717) is 48.5 Å². The van der Waals surface area contributed by atoms with Crippen molar-refractivity contribution in [1.82, 2.24) is 0 Å². The maximum atomic E-state index is 13.6. The molecular weight excluding hydrogens is 772 g/mol. The molecule has 0 bridgehead atoms. The Balaban J connectivity index is 1.60. The zero-order chi connectivity index (χ0) is 42.0. The topological polar surface area (TPSA) is 366 Å². The molecule has 57 heavy (non-hydrogen) atoms. The van der Waals surface area contributed by atoms with Gasteiger partial charge in [-0.05, 0) is 48.5 Å². The summed E-state index contributed by atoms with van der Waals surface area (Å²) in [6.45, 7) is -1.000. The van der Waals surface area contributed by atoms with Crippen molar-refractivity contribution in [1.29, 1.82) is 0 Å². The molecule has 0 saturated carbocycles. The number of hydrogen-bond acceptors (Lipinski definition) is 22. The molecular formula is C35H30O22. The third-order valence-electron chi connectivity index (χ3n) is 8.15. The van der Waals surface area contributed by atoms with Crippen molar-refractivity contribution in [2.24, 2.45) is 0 Å². The van der Waals surface area contributed by atoms with Crippen molar-refractivity contribution in [3.8, 4) is 69.0 Å². The molecule has 302 valence electrons. The van der Waals surface area contributed by atoms with E-state index in [0.717, 1.165) is 7.11 Å². The Bertz CT molecular complexity index is 2160. The highest BCUT2D eigenvalue weighted by Gasteiger charge is 2.53. The van der Waals surface area contributed by atoms with E-state index in [1.165, 1.54) is 0 Å². The van der Waals surface area contributed by atoms with Gasteiger partial charge in [-0.25, -0.2) is 19.2 Å². The molecule has 0 amide bonds. The van der Waals surface area contributed by atoms with Gasteiger partial charge in [0.05, 0.1) is 22.3 Å². The standard InChI is InChI=1S/C35H30O22/c1-52-35-30(57-34(51)14-8-21(42)27(47)22(43)9-14)29(56-33(50)13-6-19(40)26(46)20(41)7-13)28(55-32(49)12-4-17(38)25(45)18(39)5-12)23(54-35)10-53-31(48)11-2-15(36)24(44)16(37)3-11/h2-9,23,28-30,35-47H,10H2,1H3. The minimum Gasteiger partial charge on any atom is -0.504 e. The van der Waals surface area contributed by atoms with Gasteiger partial charge >= 0.3 is 23.9 Å². The largest absolute Gasteiger partial charge is 0.504 e. The Labute approximate surface area is 316 Å². The molecule has 22 heteroatoms. The Morgan fingerprint density at radius 3 is 1.05 bits per heavy atom. The van der Waals surface area contributed by atoms with Gasteiger partial charge in [0, 0.05) is 7.11 Å². The van der Waals surface area contributed by atoms with Crippen molar-refractivity contribution < 1.29 is 109 Å². The van der Waals surface area contributed by atoms with Gasteiger partial charge in [0.2, 0.25) is 0 Å². The second kappa shape index (κ2) is 15.9. The molecule has 4 aromatic carbocycles. The number of esters is 4. The van der Waals surface area contributed by atoms with E-state index in [-0.39, 0.29) is 0 Å². The van der Waals surface area contributed by atoms with Crippen LogP contribution >= 0.6 is 0 Å². The van der Waals surface area contributed by atoms with Crippen LogP contribution in [0.5, 0.6) is 69.0 Å². The number of hydrogen-bond donors (Lipinski definition) is 12. The molecule has 5 unspecified atom stereocenters. The fraction of sp³-hybridized carbons (Fsp3) is 0.200. The summed E-state index contributed by atoms with van der Waals surface area (Å²) >= 11 is 0. The number of carbonyl (C=O) groups excluding carboxylic acids is 4. The van der Waals surface area contributed by atoms with E-state index >= 15 is 0 Å². The van der Waals surface area contributed by atoms with Crippen LogP contribution in [-0.2, 0) is 28.4 Å². The third kappa shape index (κ3) is 8.35. The molecule has 0 aliphatic carbocycles. The van der Waals surface area contributed by atoms with E-state index in [4.69, 9.17) is 28.4 Å². The second-order valence-corrected chi connectivity index (χ2v) is 11.9. The van der Waals surface area contributed by atoms with Gasteiger partial charge in [-0.15, -0.1) is 0 Å². The van der Waals surface area contributed by atoms with Crippen LogP contribution in [0.25, 0.3) is 0 Å². The highest BCUT2D eigenvalue weighted by Crippen LogP contribution is 2.40. The first kappa shape index (κ1) is 40.5. The summed E-state index contributed by atoms with van der Waals surface area (Å²) in [5, 5.41) is 119. The number of benzene rings is 4. The molecule has 1 aliphatic rings. The summed E-state index contributed by atoms with van der Waals surface area (Å²) in [4.78, 5) is 53.6. The Hall–Kier alpha value is -7.72. The van der Waals surface area contributed by atoms with E-state index in [9.17, 15) is 80.5 Å². The molecule has 1 aliphatic heterocycles. The summed E-state index contributed by atoms with van der Waals surface area (Å²) < 4.78 is 33.0. The van der Waals surface area contributed by atoms with Crippen molar-refractivity contribution in [3.63, 3.8) is 0 Å². The lowest BCUT2D eigenvalue weighted by atomic mass is 9.97. The van der Waals surface area contributed by atoms with Crippen LogP contribution in [0.3, 0.4) is 0 Å². The number of carbonyl (C=O) groups is 4. The minimum atomic E-state index is -2.17. The van der Waals surface area contributed by atoms with E-state index in [1.54, 1.807) is 0 Å². The van der Waals surface area contributed by atoms with Crippen molar-refractivity contribution in [3.05, 3.63) is 70.8 Å². The minimum absolute atomic E-state index is 0.535. The number of methoxy groups -OCH3 is 1. The van der Waals surface area contributed by atoms with E-state index in [1.807, 2.05) is 0 Å². The Kier molecular flexibility index (Phi) is 11.3. The van der Waals surface area contributed by atoms with Crippen LogP contribution in [-0.4, -0.2) is 130 Å². The quantitative estimate of drug-likeness (QED) is 0.0611. The molecule has 0 radical (unpaired) electrons. The van der Waals surface area contributed by atoms with Gasteiger partial charge in [0.25, 0.3) is 0 Å². The van der Waals surface area contributed by atoms with E-state index in [2.05, 4.69) is 0 Å². The lowest BCUT2D eigenvalue weighted by molar-refractivity contribution is -0.291. The molecule has 1 saturated heterocycles. The summed E-state index contributed by atoms with van der Waals surface area (Å²) in [7, 11) is 0.984. The molecule has 0 spiro atoms. The molecule has 1 fully saturated rings. The molecule has 0 aromatic heterocycles. The number of ether oxygens (including phenoxy) is 6. The zero-order valence-electron chi connectivity index (χ0n) is 28.7. The zero-order valence-corrected chi connectivity index (χ0v) is 28.7. The maximum Gasteiger partial charge on any atom is 0.339 e. The summed E-state index contributed by atoms with van der Waals surface area (Å²) in [5.74, 6) is -17.6. The predicted octanol–water partition coefficient (Wildman–Crippen LogP) is 1.36. The first-order valence-corrected chi connectivity index (χ1v) is 15.8. The first-order chi connectivity index (χ1) is 26.8. The summed E-state index contributed by atoms with van der Waals surface area (Å²) in [6, 6.07) is 5.29. The van der Waals surface area contributed by atoms with Crippen molar-refractivity contribution in [2.45, 2.75) is 30.7 Å². The Morgan fingerprint density at radius 2 is 0.737 bits per heavy atom. The molecule has 5 rings (SSSR count). The Morgan fingerprint density at radius 1 is 0.456 bits per heavy atom. The highest BCUT2D eigenvalue weighted by molar-refractivity contribution is 5.93. The second-order valence-electron chi connectivity index (χ2n) is 11.9. The normalized spacial score (nSPS) is 18.9. The van der Waals surface area contributed by atoms with Crippen LogP contribution in [0, 0.1) is 0 Å². The van der Waals surface area contributed by atoms with Gasteiger partial charge in [-0.2, -0.15) is 0 Å². The van der Waals surface area contributed by atoms with Crippen LogP contribution in [0.15, 0.2) is 48.5 Å². The molecule has 12 N–H and O–H groups in total. The van der Waals surface area contributed by atoms with Crippen molar-refractivity contribution >= 4 is 23.9 Å². The van der Waals surface area contributed by atoms with Gasteiger partial charge in [-0.3, -0.25) is 0 Å². The van der Waals surface area contributed by atoms with Crippen LogP contribution in [0.2, 0.25) is 0 Å². The maximum absolute atomic E-state index is 13.6. The van der Waals surface area contributed by atoms with Gasteiger partial charge < -0.3 is 89.7 Å². The number of phenols is 12.